The number of benzene rings is 3. The maximum Gasteiger partial charge on any atom is 0.224 e. The lowest BCUT2D eigenvalue weighted by Crippen LogP contribution is -2.13. The molecule has 0 spiro atoms. The van der Waals surface area contributed by atoms with Gasteiger partial charge in [0.1, 0.15) is 5.75 Å². The molecule has 1 N–H and O–H groups in total. The van der Waals surface area contributed by atoms with E-state index in [1.165, 1.54) is 21.3 Å². The van der Waals surface area contributed by atoms with Gasteiger partial charge in [0, 0.05) is 29.6 Å². The van der Waals surface area contributed by atoms with Gasteiger partial charge in [-0.05, 0) is 17.9 Å². The third-order valence-corrected chi connectivity index (χ3v) is 4.50. The van der Waals surface area contributed by atoms with Crippen molar-refractivity contribution in [1.82, 2.24) is 0 Å². The van der Waals surface area contributed by atoms with Crippen molar-refractivity contribution in [3.63, 3.8) is 0 Å². The Kier molecular flexibility index (Phi) is 6.79. The van der Waals surface area contributed by atoms with Crippen LogP contribution in [-0.2, 0) is 4.79 Å². The molecule has 0 unspecified atom stereocenters. The lowest BCUT2D eigenvalue weighted by atomic mass is 10.1. The van der Waals surface area contributed by atoms with Crippen molar-refractivity contribution in [3.8, 4) is 23.0 Å². The Labute approximate surface area is 170 Å². The highest BCUT2D eigenvalue weighted by Gasteiger charge is 2.14. The van der Waals surface area contributed by atoms with Crippen molar-refractivity contribution in [2.45, 2.75) is 12.8 Å². The zero-order valence-corrected chi connectivity index (χ0v) is 16.9. The number of hydrogen-bond acceptors (Lipinski definition) is 5. The Morgan fingerprint density at radius 2 is 1.55 bits per heavy atom. The first kappa shape index (κ1) is 20.3. The number of carbonyl (C=O) groups is 1. The molecule has 0 bridgehead atoms. The van der Waals surface area contributed by atoms with Crippen LogP contribution >= 0.6 is 0 Å². The largest absolute Gasteiger partial charge is 0.493 e. The van der Waals surface area contributed by atoms with Crippen LogP contribution in [0.2, 0.25) is 0 Å². The summed E-state index contributed by atoms with van der Waals surface area (Å²) in [6.45, 7) is 0.455. The lowest BCUT2D eigenvalue weighted by molar-refractivity contribution is -0.116. The minimum atomic E-state index is -0.110. The Morgan fingerprint density at radius 3 is 2.24 bits per heavy atom. The first-order valence-electron chi connectivity index (χ1n) is 9.36. The molecular weight excluding hydrogens is 370 g/mol. The molecule has 0 saturated carbocycles. The number of hydrogen-bond donors (Lipinski definition) is 1. The zero-order valence-electron chi connectivity index (χ0n) is 16.9. The van der Waals surface area contributed by atoms with Gasteiger partial charge in [0.05, 0.1) is 27.9 Å². The number of anilines is 1. The van der Waals surface area contributed by atoms with Gasteiger partial charge in [0.2, 0.25) is 11.7 Å². The molecular formula is C23H25NO5. The fourth-order valence-electron chi connectivity index (χ4n) is 3.11. The van der Waals surface area contributed by atoms with Crippen LogP contribution in [-0.4, -0.2) is 33.8 Å². The SMILES string of the molecule is COc1cc(NC(=O)CCCOc2cccc3ccccc23)cc(OC)c1OC. The highest BCUT2D eigenvalue weighted by molar-refractivity contribution is 5.91. The van der Waals surface area contributed by atoms with E-state index in [0.717, 1.165) is 16.5 Å². The van der Waals surface area contributed by atoms with Gasteiger partial charge in [-0.2, -0.15) is 0 Å². The molecule has 29 heavy (non-hydrogen) atoms. The van der Waals surface area contributed by atoms with Crippen molar-refractivity contribution >= 4 is 22.4 Å². The molecule has 0 heterocycles. The summed E-state index contributed by atoms with van der Waals surface area (Å²) in [5, 5.41) is 5.06. The van der Waals surface area contributed by atoms with Crippen molar-refractivity contribution in [2.75, 3.05) is 33.3 Å². The smallest absolute Gasteiger partial charge is 0.224 e. The number of carbonyl (C=O) groups excluding carboxylic acids is 1. The second kappa shape index (κ2) is 9.68. The normalized spacial score (nSPS) is 10.4. The van der Waals surface area contributed by atoms with Gasteiger partial charge >= 0.3 is 0 Å². The number of ether oxygens (including phenoxy) is 4. The molecule has 0 aliphatic carbocycles. The number of amides is 1. The monoisotopic (exact) mass is 395 g/mol. The molecule has 0 fully saturated rings. The van der Waals surface area contributed by atoms with Crippen LogP contribution in [0.4, 0.5) is 5.69 Å². The van der Waals surface area contributed by atoms with Gasteiger partial charge < -0.3 is 24.3 Å². The molecule has 1 amide bonds. The maximum absolute atomic E-state index is 12.3. The predicted molar refractivity (Wildman–Crippen MR) is 113 cm³/mol. The van der Waals surface area contributed by atoms with Gasteiger partial charge in [0.25, 0.3) is 0 Å². The van der Waals surface area contributed by atoms with Crippen LogP contribution in [0, 0.1) is 0 Å². The van der Waals surface area contributed by atoms with Gasteiger partial charge in [-0.25, -0.2) is 0 Å². The quantitative estimate of drug-likeness (QED) is 0.534. The van der Waals surface area contributed by atoms with E-state index in [4.69, 9.17) is 18.9 Å². The first-order valence-corrected chi connectivity index (χ1v) is 9.36. The van der Waals surface area contributed by atoms with Crippen LogP contribution in [0.15, 0.2) is 54.6 Å². The summed E-state index contributed by atoms with van der Waals surface area (Å²) < 4.78 is 21.8. The number of methoxy groups -OCH3 is 3. The van der Waals surface area contributed by atoms with Gasteiger partial charge in [-0.15, -0.1) is 0 Å². The minimum Gasteiger partial charge on any atom is -0.493 e. The maximum atomic E-state index is 12.3. The van der Waals surface area contributed by atoms with E-state index in [1.54, 1.807) is 12.1 Å². The van der Waals surface area contributed by atoms with E-state index in [9.17, 15) is 4.79 Å². The average molecular weight is 395 g/mol. The Morgan fingerprint density at radius 1 is 0.862 bits per heavy atom. The topological polar surface area (TPSA) is 66.0 Å². The fourth-order valence-corrected chi connectivity index (χ4v) is 3.11. The summed E-state index contributed by atoms with van der Waals surface area (Å²) in [5.74, 6) is 2.17. The number of fused-ring (bicyclic) bond motifs is 1. The molecule has 3 rings (SSSR count). The zero-order chi connectivity index (χ0) is 20.6. The van der Waals surface area contributed by atoms with Crippen LogP contribution in [0.5, 0.6) is 23.0 Å². The number of rotatable bonds is 9. The van der Waals surface area contributed by atoms with Gasteiger partial charge in [0.15, 0.2) is 11.5 Å². The summed E-state index contributed by atoms with van der Waals surface area (Å²) in [6, 6.07) is 17.4. The highest BCUT2D eigenvalue weighted by Crippen LogP contribution is 2.39. The highest BCUT2D eigenvalue weighted by atomic mass is 16.5. The van der Waals surface area contributed by atoms with Crippen LogP contribution in [0.25, 0.3) is 10.8 Å². The standard InChI is InChI=1S/C23H25NO5/c1-26-20-14-17(15-21(27-2)23(20)28-3)24-22(25)12-7-13-29-19-11-6-9-16-8-4-5-10-18(16)19/h4-6,8-11,14-15H,7,12-13H2,1-3H3,(H,24,25). The van der Waals surface area contributed by atoms with Gasteiger partial charge in [-0.3, -0.25) is 4.79 Å². The van der Waals surface area contributed by atoms with E-state index in [2.05, 4.69) is 5.32 Å². The third kappa shape index (κ3) is 4.90. The summed E-state index contributed by atoms with van der Waals surface area (Å²) >= 11 is 0. The molecule has 6 heteroatoms. The van der Waals surface area contributed by atoms with E-state index in [1.807, 2.05) is 42.5 Å². The average Bonchev–Trinajstić information content (AvgIpc) is 2.76. The van der Waals surface area contributed by atoms with E-state index >= 15 is 0 Å². The molecule has 0 aliphatic rings. The molecule has 6 nitrogen and oxygen atoms in total. The van der Waals surface area contributed by atoms with Crippen molar-refractivity contribution < 1.29 is 23.7 Å². The van der Waals surface area contributed by atoms with Crippen molar-refractivity contribution in [1.29, 1.82) is 0 Å². The molecule has 0 aliphatic heterocycles. The molecule has 0 saturated heterocycles. The van der Waals surface area contributed by atoms with Crippen molar-refractivity contribution in [2.24, 2.45) is 0 Å². The summed E-state index contributed by atoms with van der Waals surface area (Å²) in [6.07, 6.45) is 0.931. The molecule has 0 aromatic heterocycles. The summed E-state index contributed by atoms with van der Waals surface area (Å²) in [7, 11) is 4.61. The molecule has 0 radical (unpaired) electrons. The summed E-state index contributed by atoms with van der Waals surface area (Å²) in [5.41, 5.74) is 0.583. The summed E-state index contributed by atoms with van der Waals surface area (Å²) in [4.78, 5) is 12.3. The Bertz CT molecular complexity index is 956. The van der Waals surface area contributed by atoms with Crippen molar-refractivity contribution in [3.05, 3.63) is 54.6 Å². The third-order valence-electron chi connectivity index (χ3n) is 4.50. The predicted octanol–water partition coefficient (Wildman–Crippen LogP) is 4.66. The van der Waals surface area contributed by atoms with E-state index in [-0.39, 0.29) is 5.91 Å². The first-order chi connectivity index (χ1) is 14.2. The van der Waals surface area contributed by atoms with Crippen LogP contribution in [0.1, 0.15) is 12.8 Å². The molecule has 0 atom stereocenters. The van der Waals surface area contributed by atoms with Crippen LogP contribution < -0.4 is 24.3 Å². The second-order valence-electron chi connectivity index (χ2n) is 6.39. The van der Waals surface area contributed by atoms with Crippen LogP contribution in [0.3, 0.4) is 0 Å². The van der Waals surface area contributed by atoms with Gasteiger partial charge in [-0.1, -0.05) is 36.4 Å². The fraction of sp³-hybridized carbons (Fsp3) is 0.261. The van der Waals surface area contributed by atoms with E-state index < -0.39 is 0 Å². The molecule has 3 aromatic rings. The molecule has 152 valence electrons. The lowest BCUT2D eigenvalue weighted by Gasteiger charge is -2.14. The second-order valence-corrected chi connectivity index (χ2v) is 6.39. The Balaban J connectivity index is 1.55. The molecule has 3 aromatic carbocycles. The minimum absolute atomic E-state index is 0.110. The van der Waals surface area contributed by atoms with E-state index in [0.29, 0.717) is 42.4 Å². The number of nitrogens with one attached hydrogen (secondary N) is 1. The Hall–Kier alpha value is -3.41.